The predicted molar refractivity (Wildman–Crippen MR) is 85.5 cm³/mol. The summed E-state index contributed by atoms with van der Waals surface area (Å²) in [4.78, 5) is 16.3. The van der Waals surface area contributed by atoms with Gasteiger partial charge in [0.25, 0.3) is 0 Å². The van der Waals surface area contributed by atoms with Crippen LogP contribution in [0.3, 0.4) is 0 Å². The fourth-order valence-electron chi connectivity index (χ4n) is 2.19. The molecule has 0 spiro atoms. The lowest BCUT2D eigenvalue weighted by atomic mass is 9.96. The molecule has 0 radical (unpaired) electrons. The molecule has 1 heterocycles. The van der Waals surface area contributed by atoms with Gasteiger partial charge in [0.1, 0.15) is 11.5 Å². The maximum atomic E-state index is 12.0. The summed E-state index contributed by atoms with van der Waals surface area (Å²) in [5.41, 5.74) is 0.995. The van der Waals surface area contributed by atoms with Crippen LogP contribution in [0.2, 0.25) is 0 Å². The summed E-state index contributed by atoms with van der Waals surface area (Å²) >= 11 is 1.58. The smallest absolute Gasteiger partial charge is 0.226 e. The third-order valence-electron chi connectivity index (χ3n) is 3.29. The number of methoxy groups -OCH3 is 2. The molecule has 1 unspecified atom stereocenters. The van der Waals surface area contributed by atoms with Gasteiger partial charge in [-0.05, 0) is 17.5 Å². The van der Waals surface area contributed by atoms with Crippen molar-refractivity contribution in [3.05, 3.63) is 23.8 Å². The zero-order chi connectivity index (χ0) is 15.2. The van der Waals surface area contributed by atoms with E-state index in [1.165, 1.54) is 0 Å². The monoisotopic (exact) mass is 308 g/mol. The summed E-state index contributed by atoms with van der Waals surface area (Å²) in [5, 5.41) is 3.58. The summed E-state index contributed by atoms with van der Waals surface area (Å²) in [5.74, 6) is 2.45. The summed E-state index contributed by atoms with van der Waals surface area (Å²) < 4.78 is 10.6. The Morgan fingerprint density at radius 3 is 2.86 bits per heavy atom. The Labute approximate surface area is 129 Å². The molecule has 21 heavy (non-hydrogen) atoms. The van der Waals surface area contributed by atoms with Crippen molar-refractivity contribution >= 4 is 22.8 Å². The Kier molecular flexibility index (Phi) is 5.50. The molecule has 1 aliphatic heterocycles. The molecule has 1 atom stereocenters. The third-order valence-corrected chi connectivity index (χ3v) is 4.19. The Bertz CT molecular complexity index is 546. The van der Waals surface area contributed by atoms with Gasteiger partial charge < -0.3 is 14.8 Å². The molecule has 0 aliphatic carbocycles. The van der Waals surface area contributed by atoms with Crippen molar-refractivity contribution in [2.75, 3.05) is 26.5 Å². The molecule has 1 aromatic carbocycles. The molecule has 5 nitrogen and oxygen atoms in total. The molecule has 0 aromatic heterocycles. The number of carbonyl (C=O) groups excluding carboxylic acids is 1. The van der Waals surface area contributed by atoms with Gasteiger partial charge in [-0.25, -0.2) is 0 Å². The highest BCUT2D eigenvalue weighted by Gasteiger charge is 2.18. The molecule has 0 fully saturated rings. The first-order valence-electron chi connectivity index (χ1n) is 6.83. The van der Waals surface area contributed by atoms with Gasteiger partial charge in [-0.15, -0.1) is 0 Å². The van der Waals surface area contributed by atoms with Gasteiger partial charge in [0.05, 0.1) is 20.8 Å². The van der Waals surface area contributed by atoms with Gasteiger partial charge in [-0.1, -0.05) is 24.8 Å². The van der Waals surface area contributed by atoms with Gasteiger partial charge in [-0.2, -0.15) is 0 Å². The number of nitrogens with zero attached hydrogens (tertiary/aromatic N) is 1. The van der Waals surface area contributed by atoms with E-state index < -0.39 is 0 Å². The van der Waals surface area contributed by atoms with Gasteiger partial charge in [-0.3, -0.25) is 9.79 Å². The molecule has 1 aliphatic rings. The Balaban J connectivity index is 2.01. The first-order valence-corrected chi connectivity index (χ1v) is 7.81. The average Bonchev–Trinajstić information content (AvgIpc) is 2.99. The molecule has 2 rings (SSSR count). The number of amides is 1. The van der Waals surface area contributed by atoms with Crippen LogP contribution in [0.25, 0.3) is 0 Å². The van der Waals surface area contributed by atoms with Crippen LogP contribution >= 0.6 is 11.8 Å². The fourth-order valence-corrected chi connectivity index (χ4v) is 2.94. The van der Waals surface area contributed by atoms with Crippen LogP contribution in [0.1, 0.15) is 24.8 Å². The Morgan fingerprint density at radius 2 is 2.24 bits per heavy atom. The van der Waals surface area contributed by atoms with E-state index in [4.69, 9.17) is 9.47 Å². The number of benzene rings is 1. The quantitative estimate of drug-likeness (QED) is 0.907. The first-order chi connectivity index (χ1) is 10.1. The van der Waals surface area contributed by atoms with Crippen molar-refractivity contribution in [3.63, 3.8) is 0 Å². The standard InChI is InChI=1S/C15H20N2O3S/c1-10(8-14(18)17-15-16-6-7-21-15)12-5-4-11(19-2)9-13(12)20-3/h4-5,9-10H,6-8H2,1-3H3,(H,16,17,18). The number of amidine groups is 1. The van der Waals surface area contributed by atoms with E-state index in [0.29, 0.717) is 6.42 Å². The van der Waals surface area contributed by atoms with Crippen LogP contribution in [0.15, 0.2) is 23.2 Å². The molecule has 0 bridgehead atoms. The number of carbonyl (C=O) groups is 1. The zero-order valence-corrected chi connectivity index (χ0v) is 13.3. The maximum Gasteiger partial charge on any atom is 0.226 e. The van der Waals surface area contributed by atoms with Crippen LogP contribution in [-0.2, 0) is 4.79 Å². The normalized spacial score (nSPS) is 15.3. The molecular weight excluding hydrogens is 288 g/mol. The van der Waals surface area contributed by atoms with Crippen molar-refractivity contribution in [2.24, 2.45) is 4.99 Å². The molecule has 114 valence electrons. The molecular formula is C15H20N2O3S. The molecule has 1 aromatic rings. The van der Waals surface area contributed by atoms with E-state index in [2.05, 4.69) is 10.3 Å². The van der Waals surface area contributed by atoms with E-state index in [1.807, 2.05) is 25.1 Å². The van der Waals surface area contributed by atoms with Crippen molar-refractivity contribution in [1.82, 2.24) is 5.32 Å². The van der Waals surface area contributed by atoms with Gasteiger partial charge in [0.2, 0.25) is 5.91 Å². The van der Waals surface area contributed by atoms with Crippen LogP contribution < -0.4 is 14.8 Å². The minimum absolute atomic E-state index is 0.0199. The summed E-state index contributed by atoms with van der Waals surface area (Å²) in [7, 11) is 3.24. The highest BCUT2D eigenvalue weighted by molar-refractivity contribution is 8.14. The van der Waals surface area contributed by atoms with Crippen LogP contribution in [-0.4, -0.2) is 37.6 Å². The highest BCUT2D eigenvalue weighted by Crippen LogP contribution is 2.32. The topological polar surface area (TPSA) is 59.9 Å². The fraction of sp³-hybridized carbons (Fsp3) is 0.467. The minimum Gasteiger partial charge on any atom is -0.497 e. The van der Waals surface area contributed by atoms with E-state index in [0.717, 1.165) is 34.5 Å². The second-order valence-corrected chi connectivity index (χ2v) is 5.88. The van der Waals surface area contributed by atoms with Crippen LogP contribution in [0.5, 0.6) is 11.5 Å². The first kappa shape index (κ1) is 15.7. The second-order valence-electron chi connectivity index (χ2n) is 4.80. The number of hydrogen-bond acceptors (Lipinski definition) is 5. The van der Waals surface area contributed by atoms with E-state index in [1.54, 1.807) is 26.0 Å². The number of ether oxygens (including phenoxy) is 2. The summed E-state index contributed by atoms with van der Waals surface area (Å²) in [6, 6.07) is 5.65. The van der Waals surface area contributed by atoms with Crippen molar-refractivity contribution in [2.45, 2.75) is 19.3 Å². The van der Waals surface area contributed by atoms with E-state index in [-0.39, 0.29) is 11.8 Å². The predicted octanol–water partition coefficient (Wildman–Crippen LogP) is 2.42. The SMILES string of the molecule is COc1ccc(C(C)CC(=O)NC2=NCCS2)c(OC)c1. The third kappa shape index (κ3) is 4.14. The lowest BCUT2D eigenvalue weighted by molar-refractivity contribution is -0.119. The molecule has 1 N–H and O–H groups in total. The van der Waals surface area contributed by atoms with Crippen molar-refractivity contribution in [1.29, 1.82) is 0 Å². The van der Waals surface area contributed by atoms with Gasteiger partial charge in [0, 0.05) is 18.2 Å². The number of aliphatic imine (C=N–C) groups is 1. The Hall–Kier alpha value is -1.69. The van der Waals surface area contributed by atoms with Crippen molar-refractivity contribution < 1.29 is 14.3 Å². The molecule has 0 saturated carbocycles. The van der Waals surface area contributed by atoms with Crippen LogP contribution in [0, 0.1) is 0 Å². The number of rotatable bonds is 5. The van der Waals surface area contributed by atoms with Gasteiger partial charge >= 0.3 is 0 Å². The average molecular weight is 308 g/mol. The summed E-state index contributed by atoms with van der Waals surface area (Å²) in [6.45, 7) is 2.79. The second kappa shape index (κ2) is 7.36. The molecule has 6 heteroatoms. The maximum absolute atomic E-state index is 12.0. The van der Waals surface area contributed by atoms with Crippen LogP contribution in [0.4, 0.5) is 0 Å². The van der Waals surface area contributed by atoms with Gasteiger partial charge in [0.15, 0.2) is 5.17 Å². The van der Waals surface area contributed by atoms with E-state index in [9.17, 15) is 4.79 Å². The lowest BCUT2D eigenvalue weighted by Gasteiger charge is -2.16. The summed E-state index contributed by atoms with van der Waals surface area (Å²) in [6.07, 6.45) is 0.391. The number of thioether (sulfide) groups is 1. The number of nitrogens with one attached hydrogen (secondary N) is 1. The minimum atomic E-state index is -0.0199. The van der Waals surface area contributed by atoms with E-state index >= 15 is 0 Å². The largest absolute Gasteiger partial charge is 0.497 e. The molecule has 0 saturated heterocycles. The van der Waals surface area contributed by atoms with Crippen molar-refractivity contribution in [3.8, 4) is 11.5 Å². The molecule has 1 amide bonds. The highest BCUT2D eigenvalue weighted by atomic mass is 32.2. The lowest BCUT2D eigenvalue weighted by Crippen LogP contribution is -2.28. The number of hydrogen-bond donors (Lipinski definition) is 1. The zero-order valence-electron chi connectivity index (χ0n) is 12.5. The Morgan fingerprint density at radius 1 is 1.43 bits per heavy atom.